The predicted molar refractivity (Wildman–Crippen MR) is 101 cm³/mol. The van der Waals surface area contributed by atoms with E-state index in [2.05, 4.69) is 5.32 Å². The molecule has 0 radical (unpaired) electrons. The van der Waals surface area contributed by atoms with Crippen molar-refractivity contribution < 1.29 is 23.7 Å². The van der Waals surface area contributed by atoms with Gasteiger partial charge in [-0.2, -0.15) is 0 Å². The largest absolute Gasteiger partial charge is 0.497 e. The molecule has 1 unspecified atom stereocenters. The highest BCUT2D eigenvalue weighted by atomic mass is 16.7. The highest BCUT2D eigenvalue weighted by Crippen LogP contribution is 2.40. The van der Waals surface area contributed by atoms with Crippen molar-refractivity contribution in [1.29, 1.82) is 0 Å². The lowest BCUT2D eigenvalue weighted by atomic mass is 9.93. The molecule has 6 heteroatoms. The molecule has 0 saturated carbocycles. The summed E-state index contributed by atoms with van der Waals surface area (Å²) in [6, 6.07) is 15.0. The van der Waals surface area contributed by atoms with E-state index in [0.29, 0.717) is 19.6 Å². The molecule has 1 aliphatic rings. The van der Waals surface area contributed by atoms with E-state index in [0.717, 1.165) is 22.6 Å². The Morgan fingerprint density at radius 2 is 1.52 bits per heavy atom. The number of hydrogen-bond donors (Lipinski definition) is 1. The number of rotatable bonds is 7. The number of carbonyl (C=O) groups excluding carboxylic acids is 1. The van der Waals surface area contributed by atoms with Crippen molar-refractivity contribution >= 4 is 5.91 Å². The fraction of sp³-hybridized carbons (Fsp3) is 0.381. The molecule has 27 heavy (non-hydrogen) atoms. The van der Waals surface area contributed by atoms with Crippen molar-refractivity contribution in [3.05, 3.63) is 59.7 Å². The Bertz CT molecular complexity index is 751. The zero-order chi connectivity index (χ0) is 19.3. The Morgan fingerprint density at radius 1 is 1.00 bits per heavy atom. The number of hydrogen-bond acceptors (Lipinski definition) is 5. The molecule has 0 aromatic heterocycles. The summed E-state index contributed by atoms with van der Waals surface area (Å²) in [7, 11) is 3.25. The van der Waals surface area contributed by atoms with Crippen molar-refractivity contribution in [3.8, 4) is 11.5 Å². The van der Waals surface area contributed by atoms with E-state index in [-0.39, 0.29) is 11.9 Å². The van der Waals surface area contributed by atoms with Gasteiger partial charge in [0, 0.05) is 18.9 Å². The Hall–Kier alpha value is -2.57. The summed E-state index contributed by atoms with van der Waals surface area (Å²) in [4.78, 5) is 11.8. The first-order valence-corrected chi connectivity index (χ1v) is 8.90. The van der Waals surface area contributed by atoms with Crippen LogP contribution in [-0.4, -0.2) is 33.3 Å². The molecule has 1 N–H and O–H groups in total. The van der Waals surface area contributed by atoms with E-state index < -0.39 is 5.79 Å². The van der Waals surface area contributed by atoms with E-state index in [1.54, 1.807) is 14.2 Å². The van der Waals surface area contributed by atoms with Crippen molar-refractivity contribution in [2.75, 3.05) is 27.4 Å². The summed E-state index contributed by atoms with van der Waals surface area (Å²) < 4.78 is 22.5. The van der Waals surface area contributed by atoms with Gasteiger partial charge in [0.1, 0.15) is 11.5 Å². The van der Waals surface area contributed by atoms with Crippen molar-refractivity contribution in [3.63, 3.8) is 0 Å². The van der Waals surface area contributed by atoms with E-state index in [1.165, 1.54) is 6.92 Å². The number of ether oxygens (including phenoxy) is 4. The molecule has 0 spiro atoms. The molecular weight excluding hydrogens is 346 g/mol. The normalized spacial score (nSPS) is 16.6. The third-order valence-corrected chi connectivity index (χ3v) is 4.65. The lowest BCUT2D eigenvalue weighted by Gasteiger charge is -2.32. The second-order valence-electron chi connectivity index (χ2n) is 6.41. The quantitative estimate of drug-likeness (QED) is 0.810. The molecule has 1 fully saturated rings. The van der Waals surface area contributed by atoms with Gasteiger partial charge in [0.2, 0.25) is 5.91 Å². The van der Waals surface area contributed by atoms with Crippen LogP contribution in [0.5, 0.6) is 11.5 Å². The van der Waals surface area contributed by atoms with E-state index in [9.17, 15) is 4.79 Å². The molecule has 3 rings (SSSR count). The third kappa shape index (κ3) is 4.40. The molecule has 1 atom stereocenters. The SMILES string of the molecule is COc1ccc(C(CC2(c3ccc(OC)cc3)OCCO2)NC(C)=O)cc1. The van der Waals surface area contributed by atoms with Gasteiger partial charge in [-0.3, -0.25) is 4.79 Å². The number of carbonyl (C=O) groups is 1. The van der Waals surface area contributed by atoms with Gasteiger partial charge in [-0.1, -0.05) is 12.1 Å². The lowest BCUT2D eigenvalue weighted by Crippen LogP contribution is -2.36. The first-order chi connectivity index (χ1) is 13.1. The maximum Gasteiger partial charge on any atom is 0.217 e. The van der Waals surface area contributed by atoms with Gasteiger partial charge in [0.25, 0.3) is 0 Å². The van der Waals surface area contributed by atoms with Gasteiger partial charge in [-0.15, -0.1) is 0 Å². The van der Waals surface area contributed by atoms with Gasteiger partial charge in [0.05, 0.1) is 33.5 Å². The van der Waals surface area contributed by atoms with Crippen LogP contribution in [0.15, 0.2) is 48.5 Å². The minimum Gasteiger partial charge on any atom is -0.497 e. The fourth-order valence-electron chi connectivity index (χ4n) is 3.30. The van der Waals surface area contributed by atoms with Gasteiger partial charge >= 0.3 is 0 Å². The summed E-state index contributed by atoms with van der Waals surface area (Å²) in [6.07, 6.45) is 0.450. The molecule has 1 heterocycles. The smallest absolute Gasteiger partial charge is 0.217 e. The van der Waals surface area contributed by atoms with E-state index in [1.807, 2.05) is 48.5 Å². The summed E-state index contributed by atoms with van der Waals surface area (Å²) in [5.41, 5.74) is 1.85. The molecule has 1 saturated heterocycles. The minimum absolute atomic E-state index is 0.112. The molecule has 0 aliphatic carbocycles. The van der Waals surface area contributed by atoms with Crippen LogP contribution in [0.25, 0.3) is 0 Å². The molecule has 1 amide bonds. The average molecular weight is 371 g/mol. The number of methoxy groups -OCH3 is 2. The van der Waals surface area contributed by atoms with Crippen LogP contribution in [0.1, 0.15) is 30.5 Å². The van der Waals surface area contributed by atoms with Gasteiger partial charge in [-0.25, -0.2) is 0 Å². The Balaban J connectivity index is 1.91. The predicted octanol–water partition coefficient (Wildman–Crippen LogP) is 3.17. The second-order valence-corrected chi connectivity index (χ2v) is 6.41. The molecule has 2 aromatic rings. The van der Waals surface area contributed by atoms with Crippen LogP contribution in [0.2, 0.25) is 0 Å². The molecule has 6 nitrogen and oxygen atoms in total. The number of benzene rings is 2. The Morgan fingerprint density at radius 3 is 2.00 bits per heavy atom. The van der Waals surface area contributed by atoms with Crippen molar-refractivity contribution in [1.82, 2.24) is 5.32 Å². The van der Waals surface area contributed by atoms with Gasteiger partial charge < -0.3 is 24.3 Å². The molecule has 0 bridgehead atoms. The van der Waals surface area contributed by atoms with Crippen LogP contribution in [0.4, 0.5) is 0 Å². The maximum absolute atomic E-state index is 11.8. The monoisotopic (exact) mass is 371 g/mol. The minimum atomic E-state index is -0.917. The average Bonchev–Trinajstić information content (AvgIpc) is 3.17. The first kappa shape index (κ1) is 19.2. The third-order valence-electron chi connectivity index (χ3n) is 4.65. The first-order valence-electron chi connectivity index (χ1n) is 8.90. The zero-order valence-corrected chi connectivity index (χ0v) is 15.9. The van der Waals surface area contributed by atoms with Crippen LogP contribution in [0.3, 0.4) is 0 Å². The molecular formula is C21H25NO5. The van der Waals surface area contributed by atoms with Crippen LogP contribution < -0.4 is 14.8 Å². The van der Waals surface area contributed by atoms with Gasteiger partial charge in [-0.05, 0) is 42.0 Å². The van der Waals surface area contributed by atoms with E-state index >= 15 is 0 Å². The van der Waals surface area contributed by atoms with Crippen LogP contribution >= 0.6 is 0 Å². The van der Waals surface area contributed by atoms with Gasteiger partial charge in [0.15, 0.2) is 5.79 Å². The summed E-state index contributed by atoms with van der Waals surface area (Å²) in [5, 5.41) is 3.01. The van der Waals surface area contributed by atoms with Crippen LogP contribution in [-0.2, 0) is 20.1 Å². The standard InChI is InChI=1S/C21H25NO5/c1-15(23)22-20(16-4-8-18(24-2)9-5-16)14-21(26-12-13-27-21)17-6-10-19(25-3)11-7-17/h4-11,20H,12-14H2,1-3H3,(H,22,23). The highest BCUT2D eigenvalue weighted by molar-refractivity contribution is 5.73. The Kier molecular flexibility index (Phi) is 5.98. The number of amides is 1. The van der Waals surface area contributed by atoms with E-state index in [4.69, 9.17) is 18.9 Å². The maximum atomic E-state index is 11.8. The lowest BCUT2D eigenvalue weighted by molar-refractivity contribution is -0.176. The molecule has 2 aromatic carbocycles. The van der Waals surface area contributed by atoms with Crippen LogP contribution in [0, 0.1) is 0 Å². The zero-order valence-electron chi connectivity index (χ0n) is 15.9. The Labute approximate surface area is 159 Å². The molecule has 1 aliphatic heterocycles. The summed E-state index contributed by atoms with van der Waals surface area (Å²) in [6.45, 7) is 2.51. The second kappa shape index (κ2) is 8.41. The summed E-state index contributed by atoms with van der Waals surface area (Å²) in [5.74, 6) is 0.497. The molecule has 144 valence electrons. The van der Waals surface area contributed by atoms with Crippen molar-refractivity contribution in [2.24, 2.45) is 0 Å². The highest BCUT2D eigenvalue weighted by Gasteiger charge is 2.41. The topological polar surface area (TPSA) is 66.0 Å². The fourth-order valence-corrected chi connectivity index (χ4v) is 3.30. The summed E-state index contributed by atoms with van der Waals surface area (Å²) >= 11 is 0. The van der Waals surface area contributed by atoms with Crippen molar-refractivity contribution in [2.45, 2.75) is 25.2 Å². The number of nitrogens with one attached hydrogen (secondary N) is 1.